The highest BCUT2D eigenvalue weighted by Crippen LogP contribution is 2.27. The summed E-state index contributed by atoms with van der Waals surface area (Å²) in [4.78, 5) is 16.5. The molecular formula is C19H17BrN2O2S. The second-order valence-electron chi connectivity index (χ2n) is 5.65. The number of ether oxygens (including phenoxy) is 1. The molecule has 2 aromatic carbocycles. The van der Waals surface area contributed by atoms with E-state index in [-0.39, 0.29) is 12.5 Å². The standard InChI is InChI=1S/C19H17BrN2O2S/c1-12-6-7-17(13(2)8-12)24-10-18(23)22-19-21-16(11-25-19)14-4-3-5-15(20)9-14/h3-9,11H,10H2,1-2H3,(H,21,22,23). The van der Waals surface area contributed by atoms with Crippen molar-refractivity contribution in [2.75, 3.05) is 11.9 Å². The van der Waals surface area contributed by atoms with E-state index in [1.165, 1.54) is 11.3 Å². The predicted molar refractivity (Wildman–Crippen MR) is 105 cm³/mol. The monoisotopic (exact) mass is 416 g/mol. The van der Waals surface area contributed by atoms with Crippen molar-refractivity contribution in [1.82, 2.24) is 4.98 Å². The van der Waals surface area contributed by atoms with Crippen molar-refractivity contribution in [1.29, 1.82) is 0 Å². The molecule has 128 valence electrons. The van der Waals surface area contributed by atoms with Gasteiger partial charge in [-0.15, -0.1) is 11.3 Å². The minimum atomic E-state index is -0.227. The molecule has 6 heteroatoms. The van der Waals surface area contributed by atoms with Crippen molar-refractivity contribution in [2.45, 2.75) is 13.8 Å². The molecule has 0 aliphatic heterocycles. The molecule has 1 N–H and O–H groups in total. The average Bonchev–Trinajstić information content (AvgIpc) is 3.02. The number of carbonyl (C=O) groups excluding carboxylic acids is 1. The maximum atomic E-state index is 12.1. The number of hydrogen-bond donors (Lipinski definition) is 1. The van der Waals surface area contributed by atoms with Crippen LogP contribution in [0.4, 0.5) is 5.13 Å². The first-order valence-corrected chi connectivity index (χ1v) is 9.40. The fraction of sp³-hybridized carbons (Fsp3) is 0.158. The van der Waals surface area contributed by atoms with Gasteiger partial charge in [0.2, 0.25) is 0 Å². The van der Waals surface area contributed by atoms with E-state index >= 15 is 0 Å². The lowest BCUT2D eigenvalue weighted by Crippen LogP contribution is -2.20. The van der Waals surface area contributed by atoms with Crippen molar-refractivity contribution in [3.63, 3.8) is 0 Å². The fourth-order valence-corrected chi connectivity index (χ4v) is 3.51. The number of aryl methyl sites for hydroxylation is 2. The second kappa shape index (κ2) is 7.80. The Balaban J connectivity index is 1.60. The van der Waals surface area contributed by atoms with Gasteiger partial charge >= 0.3 is 0 Å². The average molecular weight is 417 g/mol. The van der Waals surface area contributed by atoms with Crippen LogP contribution in [0.3, 0.4) is 0 Å². The Hall–Kier alpha value is -2.18. The number of carbonyl (C=O) groups is 1. The van der Waals surface area contributed by atoms with Crippen molar-refractivity contribution in [2.24, 2.45) is 0 Å². The molecule has 3 aromatic rings. The number of benzene rings is 2. The highest BCUT2D eigenvalue weighted by atomic mass is 79.9. The summed E-state index contributed by atoms with van der Waals surface area (Å²) >= 11 is 4.84. The van der Waals surface area contributed by atoms with Gasteiger partial charge in [-0.3, -0.25) is 10.1 Å². The molecule has 0 saturated carbocycles. The normalized spacial score (nSPS) is 10.5. The first kappa shape index (κ1) is 17.6. The zero-order chi connectivity index (χ0) is 17.8. The van der Waals surface area contributed by atoms with E-state index in [0.29, 0.717) is 5.13 Å². The number of amides is 1. The fourth-order valence-electron chi connectivity index (χ4n) is 2.37. The van der Waals surface area contributed by atoms with E-state index in [1.807, 2.05) is 61.7 Å². The maximum Gasteiger partial charge on any atom is 0.264 e. The third-order valence-corrected chi connectivity index (χ3v) is 4.81. The SMILES string of the molecule is Cc1ccc(OCC(=O)Nc2nc(-c3cccc(Br)c3)cs2)c(C)c1. The summed E-state index contributed by atoms with van der Waals surface area (Å²) < 4.78 is 6.58. The van der Waals surface area contributed by atoms with Gasteiger partial charge < -0.3 is 4.74 Å². The molecule has 0 radical (unpaired) electrons. The molecule has 0 aliphatic carbocycles. The van der Waals surface area contributed by atoms with Crippen LogP contribution in [0, 0.1) is 13.8 Å². The Morgan fingerprint density at radius 3 is 2.84 bits per heavy atom. The zero-order valence-corrected chi connectivity index (χ0v) is 16.3. The number of nitrogens with one attached hydrogen (secondary N) is 1. The highest BCUT2D eigenvalue weighted by molar-refractivity contribution is 9.10. The topological polar surface area (TPSA) is 51.2 Å². The number of thiazole rings is 1. The van der Waals surface area contributed by atoms with Crippen molar-refractivity contribution < 1.29 is 9.53 Å². The molecule has 1 amide bonds. The van der Waals surface area contributed by atoms with Crippen LogP contribution in [0.1, 0.15) is 11.1 Å². The van der Waals surface area contributed by atoms with E-state index in [0.717, 1.165) is 32.6 Å². The third-order valence-electron chi connectivity index (χ3n) is 3.56. The smallest absolute Gasteiger partial charge is 0.264 e. The van der Waals surface area contributed by atoms with Gasteiger partial charge in [0.15, 0.2) is 11.7 Å². The van der Waals surface area contributed by atoms with E-state index in [2.05, 4.69) is 26.2 Å². The number of aromatic nitrogens is 1. The Kier molecular flexibility index (Phi) is 5.50. The predicted octanol–water partition coefficient (Wildman–Crippen LogP) is 5.21. The van der Waals surface area contributed by atoms with Gasteiger partial charge in [0.25, 0.3) is 5.91 Å². The van der Waals surface area contributed by atoms with E-state index in [9.17, 15) is 4.79 Å². The number of nitrogens with zero attached hydrogens (tertiary/aromatic N) is 1. The van der Waals surface area contributed by atoms with Crippen LogP contribution >= 0.6 is 27.3 Å². The van der Waals surface area contributed by atoms with Gasteiger partial charge in [-0.25, -0.2) is 4.98 Å². The van der Waals surface area contributed by atoms with E-state index in [1.54, 1.807) is 0 Å². The van der Waals surface area contributed by atoms with E-state index < -0.39 is 0 Å². The van der Waals surface area contributed by atoms with Gasteiger partial charge in [0.1, 0.15) is 5.75 Å². The molecular weight excluding hydrogens is 400 g/mol. The zero-order valence-electron chi connectivity index (χ0n) is 13.9. The third kappa shape index (κ3) is 4.67. The van der Waals surface area contributed by atoms with Crippen LogP contribution in [0.5, 0.6) is 5.75 Å². The molecule has 0 atom stereocenters. The molecule has 4 nitrogen and oxygen atoms in total. The van der Waals surface area contributed by atoms with Gasteiger partial charge in [-0.05, 0) is 37.6 Å². The molecule has 0 bridgehead atoms. The Morgan fingerprint density at radius 1 is 1.24 bits per heavy atom. The number of halogens is 1. The molecule has 0 saturated heterocycles. The Labute approximate surface area is 159 Å². The molecule has 3 rings (SSSR count). The molecule has 0 unspecified atom stereocenters. The Morgan fingerprint density at radius 2 is 2.08 bits per heavy atom. The number of anilines is 1. The molecule has 25 heavy (non-hydrogen) atoms. The summed E-state index contributed by atoms with van der Waals surface area (Å²) in [6, 6.07) is 13.8. The first-order valence-electron chi connectivity index (χ1n) is 7.72. The van der Waals surface area contributed by atoms with Crippen LogP contribution in [0.25, 0.3) is 11.3 Å². The lowest BCUT2D eigenvalue weighted by Gasteiger charge is -2.09. The van der Waals surface area contributed by atoms with Crippen molar-refractivity contribution >= 4 is 38.3 Å². The quantitative estimate of drug-likeness (QED) is 0.620. The van der Waals surface area contributed by atoms with Crippen LogP contribution < -0.4 is 10.1 Å². The summed E-state index contributed by atoms with van der Waals surface area (Å²) in [5.74, 6) is 0.491. The first-order chi connectivity index (χ1) is 12.0. The lowest BCUT2D eigenvalue weighted by molar-refractivity contribution is -0.118. The Bertz CT molecular complexity index is 908. The van der Waals surface area contributed by atoms with Crippen molar-refractivity contribution in [3.05, 3.63) is 63.4 Å². The summed E-state index contributed by atoms with van der Waals surface area (Å²) in [6.07, 6.45) is 0. The van der Waals surface area contributed by atoms with E-state index in [4.69, 9.17) is 4.74 Å². The van der Waals surface area contributed by atoms with Crippen LogP contribution in [-0.2, 0) is 4.79 Å². The maximum absolute atomic E-state index is 12.1. The second-order valence-corrected chi connectivity index (χ2v) is 7.43. The molecule has 1 heterocycles. The summed E-state index contributed by atoms with van der Waals surface area (Å²) in [7, 11) is 0. The molecule has 0 aliphatic rings. The van der Waals surface area contributed by atoms with Crippen LogP contribution in [-0.4, -0.2) is 17.5 Å². The van der Waals surface area contributed by atoms with Crippen molar-refractivity contribution in [3.8, 4) is 17.0 Å². The minimum Gasteiger partial charge on any atom is -0.483 e. The van der Waals surface area contributed by atoms with Gasteiger partial charge in [0.05, 0.1) is 5.69 Å². The highest BCUT2D eigenvalue weighted by Gasteiger charge is 2.10. The summed E-state index contributed by atoms with van der Waals surface area (Å²) in [5.41, 5.74) is 4.01. The molecule has 0 fully saturated rings. The number of hydrogen-bond acceptors (Lipinski definition) is 4. The van der Waals surface area contributed by atoms with Gasteiger partial charge in [0, 0.05) is 15.4 Å². The summed E-state index contributed by atoms with van der Waals surface area (Å²) in [5, 5.41) is 5.26. The van der Waals surface area contributed by atoms with Crippen LogP contribution in [0.2, 0.25) is 0 Å². The van der Waals surface area contributed by atoms with Gasteiger partial charge in [-0.1, -0.05) is 45.8 Å². The van der Waals surface area contributed by atoms with Gasteiger partial charge in [-0.2, -0.15) is 0 Å². The molecule has 1 aromatic heterocycles. The summed E-state index contributed by atoms with van der Waals surface area (Å²) in [6.45, 7) is 3.94. The molecule has 0 spiro atoms. The minimum absolute atomic E-state index is 0.0459. The number of rotatable bonds is 5. The van der Waals surface area contributed by atoms with Crippen LogP contribution in [0.15, 0.2) is 52.3 Å². The lowest BCUT2D eigenvalue weighted by atomic mass is 10.1. The largest absolute Gasteiger partial charge is 0.483 e.